The third-order valence-corrected chi connectivity index (χ3v) is 4.94. The van der Waals surface area contributed by atoms with Crippen LogP contribution in [0.1, 0.15) is 11.0 Å². The van der Waals surface area contributed by atoms with Crippen molar-refractivity contribution in [2.24, 2.45) is 0 Å². The molecule has 3 nitrogen and oxygen atoms in total. The minimum absolute atomic E-state index is 0. The zero-order chi connectivity index (χ0) is 25.2. The molecule has 0 aliphatic rings. The van der Waals surface area contributed by atoms with Gasteiger partial charge in [-0.2, -0.15) is 0 Å². The smallest absolute Gasteiger partial charge is 0.120 e. The van der Waals surface area contributed by atoms with Gasteiger partial charge in [-0.05, 0) is 36.0 Å². The van der Waals surface area contributed by atoms with Crippen molar-refractivity contribution in [3.8, 4) is 22.5 Å². The Morgan fingerprint density at radius 3 is 2.52 bits per heavy atom. The largest absolute Gasteiger partial charge is 0.501 e. The number of hydrogen-bond acceptors (Lipinski definition) is 3. The van der Waals surface area contributed by atoms with Crippen molar-refractivity contribution in [1.29, 1.82) is 0 Å². The van der Waals surface area contributed by atoms with Crippen LogP contribution in [-0.4, -0.2) is 9.97 Å². The first-order valence-electron chi connectivity index (χ1n) is 12.1. The van der Waals surface area contributed by atoms with Gasteiger partial charge in [0.1, 0.15) is 5.58 Å². The summed E-state index contributed by atoms with van der Waals surface area (Å²) in [5.41, 5.74) is 5.01. The van der Waals surface area contributed by atoms with Gasteiger partial charge in [0.15, 0.2) is 0 Å². The first kappa shape index (κ1) is 17.9. The van der Waals surface area contributed by atoms with E-state index in [4.69, 9.17) is 9.90 Å². The van der Waals surface area contributed by atoms with Crippen molar-refractivity contribution in [3.05, 3.63) is 121 Å². The van der Waals surface area contributed by atoms with Crippen molar-refractivity contribution in [2.75, 3.05) is 0 Å². The van der Waals surface area contributed by atoms with Crippen LogP contribution >= 0.6 is 0 Å². The van der Waals surface area contributed by atoms with E-state index in [1.165, 1.54) is 5.56 Å². The van der Waals surface area contributed by atoms with Crippen LogP contribution in [0.5, 0.6) is 0 Å². The topological polar surface area (TPSA) is 38.9 Å². The SMILES string of the molecule is Cc1ccc(-c2[c-]cccc2)nc1.[2H]c1nc(-c2[c-]ccc3c2oc2ccccc23)c([2H])c([2H])c1[2H].[Ir]. The van der Waals surface area contributed by atoms with Gasteiger partial charge in [-0.1, -0.05) is 53.4 Å². The molecule has 0 N–H and O–H groups in total. The van der Waals surface area contributed by atoms with Gasteiger partial charge >= 0.3 is 0 Å². The molecular weight excluding hydrogens is 585 g/mol. The molecule has 0 unspecified atom stereocenters. The van der Waals surface area contributed by atoms with Crippen molar-refractivity contribution in [2.45, 2.75) is 6.92 Å². The van der Waals surface area contributed by atoms with E-state index in [1.54, 1.807) is 6.07 Å². The molecule has 33 heavy (non-hydrogen) atoms. The average Bonchev–Trinajstić information content (AvgIpc) is 3.30. The molecule has 3 aromatic heterocycles. The second-order valence-electron chi connectivity index (χ2n) is 7.14. The standard InChI is InChI=1S/C17H10NO.C12H10N.Ir/c1-2-10-16-12(6-1)13-7-5-8-14(17(13)19-16)15-9-3-4-11-18-15;1-10-7-8-12(13-9-10)11-5-3-2-4-6-11;/h1-7,9-11H;2-5,7-9H,1H3;/q2*-1;/i3D,4D,9D,11D;;. The quantitative estimate of drug-likeness (QED) is 0.194. The maximum absolute atomic E-state index is 8.07. The molecule has 4 heteroatoms. The van der Waals surface area contributed by atoms with E-state index in [2.05, 4.69) is 28.2 Å². The van der Waals surface area contributed by atoms with Gasteiger partial charge in [-0.3, -0.25) is 0 Å². The number of benzene rings is 3. The molecular formula is C29H20IrN2O-2. The molecule has 3 heterocycles. The number of aromatic nitrogens is 2. The maximum Gasteiger partial charge on any atom is 0.120 e. The van der Waals surface area contributed by atoms with E-state index < -0.39 is 0 Å². The Balaban J connectivity index is 0.000000195. The Labute approximate surface area is 212 Å². The number of rotatable bonds is 2. The van der Waals surface area contributed by atoms with Crippen LogP contribution in [0.25, 0.3) is 44.5 Å². The van der Waals surface area contributed by atoms with Gasteiger partial charge in [0.25, 0.3) is 0 Å². The molecule has 0 aliphatic heterocycles. The molecule has 0 spiro atoms. The molecule has 3 aromatic carbocycles. The summed E-state index contributed by atoms with van der Waals surface area (Å²) in [7, 11) is 0. The van der Waals surface area contributed by atoms with E-state index in [-0.39, 0.29) is 50.1 Å². The summed E-state index contributed by atoms with van der Waals surface area (Å²) in [5, 5.41) is 1.81. The normalized spacial score (nSPS) is 12.0. The summed E-state index contributed by atoms with van der Waals surface area (Å²) < 4.78 is 37.1. The van der Waals surface area contributed by atoms with Crippen LogP contribution in [0.3, 0.4) is 0 Å². The Kier molecular flexibility index (Phi) is 5.62. The molecule has 0 saturated heterocycles. The molecule has 6 aromatic rings. The summed E-state index contributed by atoms with van der Waals surface area (Å²) in [4.78, 5) is 8.32. The number of furan rings is 1. The molecule has 0 aliphatic carbocycles. The predicted octanol–water partition coefficient (Wildman–Crippen LogP) is 7.30. The van der Waals surface area contributed by atoms with Gasteiger partial charge in [-0.25, -0.2) is 0 Å². The summed E-state index contributed by atoms with van der Waals surface area (Å²) in [6.45, 7) is 2.03. The summed E-state index contributed by atoms with van der Waals surface area (Å²) in [6.07, 6.45) is 1.54. The molecule has 0 amide bonds. The van der Waals surface area contributed by atoms with E-state index >= 15 is 0 Å². The van der Waals surface area contributed by atoms with Gasteiger partial charge in [0.05, 0.1) is 11.1 Å². The van der Waals surface area contributed by atoms with Crippen LogP contribution < -0.4 is 0 Å². The fourth-order valence-corrected chi connectivity index (χ4v) is 3.39. The van der Waals surface area contributed by atoms with Crippen LogP contribution in [0, 0.1) is 19.1 Å². The Hall–Kier alpha value is -3.59. The Bertz CT molecular complexity index is 1690. The van der Waals surface area contributed by atoms with Crippen LogP contribution in [0.2, 0.25) is 0 Å². The van der Waals surface area contributed by atoms with E-state index in [0.717, 1.165) is 22.0 Å². The van der Waals surface area contributed by atoms with Gasteiger partial charge in [0.2, 0.25) is 0 Å². The van der Waals surface area contributed by atoms with Crippen molar-refractivity contribution in [1.82, 2.24) is 9.97 Å². The fourth-order valence-electron chi connectivity index (χ4n) is 3.39. The molecule has 0 bridgehead atoms. The molecule has 163 valence electrons. The molecule has 0 fully saturated rings. The molecule has 0 saturated carbocycles. The average molecular weight is 609 g/mol. The van der Waals surface area contributed by atoms with Gasteiger partial charge in [-0.15, -0.1) is 54.1 Å². The third kappa shape index (κ3) is 4.93. The van der Waals surface area contributed by atoms with Crippen molar-refractivity contribution >= 4 is 21.9 Å². The Morgan fingerprint density at radius 2 is 1.70 bits per heavy atom. The van der Waals surface area contributed by atoms with Gasteiger partial charge < -0.3 is 14.4 Å². The number of fused-ring (bicyclic) bond motifs is 3. The second kappa shape index (κ2) is 10.4. The van der Waals surface area contributed by atoms with E-state index in [0.29, 0.717) is 16.7 Å². The van der Waals surface area contributed by atoms with E-state index in [1.807, 2.05) is 73.8 Å². The number of hydrogen-bond donors (Lipinski definition) is 0. The number of para-hydroxylation sites is 1. The van der Waals surface area contributed by atoms with Gasteiger partial charge in [0, 0.05) is 37.9 Å². The predicted molar refractivity (Wildman–Crippen MR) is 129 cm³/mol. The summed E-state index contributed by atoms with van der Waals surface area (Å²) in [6, 6.07) is 28.4. The van der Waals surface area contributed by atoms with Crippen molar-refractivity contribution in [3.63, 3.8) is 0 Å². The summed E-state index contributed by atoms with van der Waals surface area (Å²) in [5.74, 6) is 0. The molecule has 1 radical (unpaired) electrons. The molecule has 0 atom stereocenters. The molecule has 6 rings (SSSR count). The maximum atomic E-state index is 8.07. The number of aryl methyl sites for hydroxylation is 1. The van der Waals surface area contributed by atoms with Crippen LogP contribution in [0.4, 0.5) is 0 Å². The Morgan fingerprint density at radius 1 is 0.818 bits per heavy atom. The summed E-state index contributed by atoms with van der Waals surface area (Å²) >= 11 is 0. The zero-order valence-corrected chi connectivity index (χ0v) is 20.0. The fraction of sp³-hybridized carbons (Fsp3) is 0.0345. The number of pyridine rings is 2. The first-order valence-corrected chi connectivity index (χ1v) is 10.1. The van der Waals surface area contributed by atoms with E-state index in [9.17, 15) is 0 Å². The van der Waals surface area contributed by atoms with Crippen LogP contribution in [0.15, 0.2) is 108 Å². The minimum Gasteiger partial charge on any atom is -0.501 e. The first-order chi connectivity index (χ1) is 17.4. The number of nitrogens with zero attached hydrogens (tertiary/aromatic N) is 2. The second-order valence-corrected chi connectivity index (χ2v) is 7.14. The van der Waals surface area contributed by atoms with Crippen molar-refractivity contribution < 1.29 is 30.0 Å². The monoisotopic (exact) mass is 609 g/mol. The van der Waals surface area contributed by atoms with Crippen LogP contribution in [-0.2, 0) is 20.1 Å². The third-order valence-electron chi connectivity index (χ3n) is 4.94. The zero-order valence-electron chi connectivity index (χ0n) is 21.6. The minimum atomic E-state index is -0.351.